The monoisotopic (exact) mass is 408 g/mol. The van der Waals surface area contributed by atoms with Crippen molar-refractivity contribution in [1.29, 1.82) is 0 Å². The lowest BCUT2D eigenvalue weighted by molar-refractivity contribution is -0.143. The van der Waals surface area contributed by atoms with Crippen molar-refractivity contribution >= 4 is 22.6 Å². The van der Waals surface area contributed by atoms with Crippen LogP contribution in [0.3, 0.4) is 0 Å². The Labute approximate surface area is 174 Å². The zero-order chi connectivity index (χ0) is 21.7. The fraction of sp³-hybridized carbons (Fsp3) is 0.261. The van der Waals surface area contributed by atoms with Gasteiger partial charge in [-0.3, -0.25) is 4.79 Å². The van der Waals surface area contributed by atoms with Crippen molar-refractivity contribution in [2.75, 3.05) is 6.61 Å². The summed E-state index contributed by atoms with van der Waals surface area (Å²) in [6.07, 6.45) is 1.66. The molecule has 156 valence electrons. The first-order chi connectivity index (χ1) is 14.3. The highest BCUT2D eigenvalue weighted by atomic mass is 16.5. The third-order valence-electron chi connectivity index (χ3n) is 4.56. The van der Waals surface area contributed by atoms with Gasteiger partial charge in [-0.05, 0) is 38.3 Å². The predicted octanol–water partition coefficient (Wildman–Crippen LogP) is 3.81. The first-order valence-electron chi connectivity index (χ1n) is 9.60. The van der Waals surface area contributed by atoms with E-state index < -0.39 is 17.4 Å². The second-order valence-corrected chi connectivity index (χ2v) is 7.27. The molecule has 0 saturated heterocycles. The number of hydrogen-bond acceptors (Lipinski definition) is 5. The van der Waals surface area contributed by atoms with Crippen LogP contribution in [0.5, 0.6) is 11.6 Å². The van der Waals surface area contributed by atoms with Crippen LogP contribution in [-0.2, 0) is 11.4 Å². The number of nitrogens with zero attached hydrogens (tertiary/aromatic N) is 1. The minimum atomic E-state index is -1.42. The van der Waals surface area contributed by atoms with Crippen LogP contribution in [0, 0.1) is 0 Å². The molecule has 1 aromatic heterocycles. The molecule has 0 aliphatic heterocycles. The predicted molar refractivity (Wildman–Crippen MR) is 113 cm³/mol. The molecule has 3 rings (SSSR count). The molecule has 0 saturated carbocycles. The summed E-state index contributed by atoms with van der Waals surface area (Å²) in [7, 11) is 0. The number of carbonyl (C=O) groups excluding carboxylic acids is 1. The summed E-state index contributed by atoms with van der Waals surface area (Å²) >= 11 is 0. The van der Waals surface area contributed by atoms with Crippen molar-refractivity contribution in [1.82, 2.24) is 10.3 Å². The number of carbonyl (C=O) groups is 2. The second kappa shape index (κ2) is 8.82. The molecule has 0 bridgehead atoms. The van der Waals surface area contributed by atoms with E-state index in [1.165, 1.54) is 13.8 Å². The van der Waals surface area contributed by atoms with Gasteiger partial charge in [-0.2, -0.15) is 0 Å². The van der Waals surface area contributed by atoms with Crippen molar-refractivity contribution in [3.05, 3.63) is 65.9 Å². The Bertz CT molecular complexity index is 1060. The molecular formula is C23H24N2O5. The summed E-state index contributed by atoms with van der Waals surface area (Å²) in [5.74, 6) is -0.726. The van der Waals surface area contributed by atoms with Crippen LogP contribution in [0.25, 0.3) is 10.8 Å². The van der Waals surface area contributed by atoms with Crippen LogP contribution in [0.1, 0.15) is 36.7 Å². The topological polar surface area (TPSA) is 97.8 Å². The molecule has 0 fully saturated rings. The molecule has 3 aromatic rings. The second-order valence-electron chi connectivity index (χ2n) is 7.27. The Kier molecular flexibility index (Phi) is 6.20. The molecule has 2 N–H and O–H groups in total. The van der Waals surface area contributed by atoms with Crippen LogP contribution in [0.15, 0.2) is 54.7 Å². The van der Waals surface area contributed by atoms with E-state index in [0.29, 0.717) is 18.2 Å². The Morgan fingerprint density at radius 1 is 1.07 bits per heavy atom. The fourth-order valence-corrected chi connectivity index (χ4v) is 2.87. The van der Waals surface area contributed by atoms with Gasteiger partial charge >= 0.3 is 5.97 Å². The summed E-state index contributed by atoms with van der Waals surface area (Å²) in [5.41, 5.74) is -0.343. The minimum Gasteiger partial charge on any atom is -0.487 e. The van der Waals surface area contributed by atoms with Gasteiger partial charge in [-0.25, -0.2) is 9.78 Å². The minimum absolute atomic E-state index is 0.190. The molecule has 7 nitrogen and oxygen atoms in total. The molecule has 0 atom stereocenters. The highest BCUT2D eigenvalue weighted by Gasteiger charge is 2.30. The number of carboxylic acid groups (broad SMARTS) is 1. The molecule has 0 spiro atoms. The van der Waals surface area contributed by atoms with Crippen molar-refractivity contribution < 1.29 is 24.2 Å². The van der Waals surface area contributed by atoms with Gasteiger partial charge < -0.3 is 19.9 Å². The Morgan fingerprint density at radius 3 is 2.50 bits per heavy atom. The van der Waals surface area contributed by atoms with Crippen molar-refractivity contribution in [3.8, 4) is 11.6 Å². The van der Waals surface area contributed by atoms with Crippen molar-refractivity contribution in [3.63, 3.8) is 0 Å². The molecule has 7 heteroatoms. The van der Waals surface area contributed by atoms with Crippen LogP contribution in [0.2, 0.25) is 0 Å². The number of hydrogen-bond donors (Lipinski definition) is 2. The van der Waals surface area contributed by atoms with E-state index in [9.17, 15) is 14.7 Å². The lowest BCUT2D eigenvalue weighted by Gasteiger charge is -2.22. The van der Waals surface area contributed by atoms with E-state index in [2.05, 4.69) is 10.3 Å². The molecular weight excluding hydrogens is 384 g/mol. The van der Waals surface area contributed by atoms with E-state index >= 15 is 0 Å². The number of benzene rings is 2. The van der Waals surface area contributed by atoms with E-state index in [4.69, 9.17) is 9.47 Å². The first kappa shape index (κ1) is 21.1. The third kappa shape index (κ3) is 4.68. The van der Waals surface area contributed by atoms with E-state index in [-0.39, 0.29) is 12.2 Å². The third-order valence-corrected chi connectivity index (χ3v) is 4.56. The number of aliphatic carboxylic acids is 1. The highest BCUT2D eigenvalue weighted by Crippen LogP contribution is 2.31. The van der Waals surface area contributed by atoms with E-state index in [1.807, 2.05) is 43.3 Å². The molecule has 0 aliphatic rings. The number of pyridine rings is 1. The number of amides is 1. The Hall–Kier alpha value is -3.61. The summed E-state index contributed by atoms with van der Waals surface area (Å²) < 4.78 is 11.4. The standard InChI is InChI=1S/C23H24N2O5/c1-4-29-19-12-9-15(13-24-19)14-30-20-17-8-6-5-7-16(17)10-11-18(20)21(26)25-23(2,3)22(27)28/h5-13H,4,14H2,1-3H3,(H,25,26)(H,27,28). The van der Waals surface area contributed by atoms with Gasteiger partial charge in [0.05, 0.1) is 12.2 Å². The van der Waals surface area contributed by atoms with Gasteiger partial charge in [0.25, 0.3) is 5.91 Å². The summed E-state index contributed by atoms with van der Waals surface area (Å²) in [4.78, 5) is 28.5. The molecule has 0 radical (unpaired) electrons. The van der Waals surface area contributed by atoms with Crippen molar-refractivity contribution in [2.45, 2.75) is 32.9 Å². The van der Waals surface area contributed by atoms with Crippen LogP contribution in [-0.4, -0.2) is 34.1 Å². The molecule has 0 unspecified atom stereocenters. The number of carboxylic acids is 1. The SMILES string of the molecule is CCOc1ccc(COc2c(C(=O)NC(C)(C)C(=O)O)ccc3ccccc23)cn1. The van der Waals surface area contributed by atoms with E-state index in [1.54, 1.807) is 18.3 Å². The average Bonchev–Trinajstić information content (AvgIpc) is 2.72. The maximum atomic E-state index is 12.9. The summed E-state index contributed by atoms with van der Waals surface area (Å²) in [6.45, 7) is 5.47. The highest BCUT2D eigenvalue weighted by molar-refractivity contribution is 6.05. The molecule has 2 aromatic carbocycles. The van der Waals surface area contributed by atoms with Gasteiger partial charge in [0.15, 0.2) is 0 Å². The first-order valence-corrected chi connectivity index (χ1v) is 9.60. The number of ether oxygens (including phenoxy) is 2. The number of fused-ring (bicyclic) bond motifs is 1. The zero-order valence-corrected chi connectivity index (χ0v) is 17.1. The Morgan fingerprint density at radius 2 is 1.83 bits per heavy atom. The fourth-order valence-electron chi connectivity index (χ4n) is 2.87. The van der Waals surface area contributed by atoms with Gasteiger partial charge in [0.2, 0.25) is 5.88 Å². The van der Waals surface area contributed by atoms with E-state index in [0.717, 1.165) is 16.3 Å². The maximum Gasteiger partial charge on any atom is 0.328 e. The summed E-state index contributed by atoms with van der Waals surface area (Å²) in [5, 5.41) is 13.5. The molecule has 30 heavy (non-hydrogen) atoms. The van der Waals surface area contributed by atoms with Crippen LogP contribution < -0.4 is 14.8 Å². The summed E-state index contributed by atoms with van der Waals surface area (Å²) in [6, 6.07) is 14.6. The molecule has 1 heterocycles. The lowest BCUT2D eigenvalue weighted by Crippen LogP contribution is -2.49. The van der Waals surface area contributed by atoms with Crippen LogP contribution >= 0.6 is 0 Å². The molecule has 0 aliphatic carbocycles. The van der Waals surface area contributed by atoms with Gasteiger partial charge in [0.1, 0.15) is 17.9 Å². The molecule has 1 amide bonds. The number of rotatable bonds is 8. The maximum absolute atomic E-state index is 12.9. The number of nitrogens with one attached hydrogen (secondary N) is 1. The lowest BCUT2D eigenvalue weighted by atomic mass is 10.0. The Balaban J connectivity index is 1.91. The smallest absolute Gasteiger partial charge is 0.328 e. The zero-order valence-electron chi connectivity index (χ0n) is 17.1. The van der Waals surface area contributed by atoms with Gasteiger partial charge in [-0.15, -0.1) is 0 Å². The van der Waals surface area contributed by atoms with Gasteiger partial charge in [0, 0.05) is 23.2 Å². The van der Waals surface area contributed by atoms with Crippen LogP contribution in [0.4, 0.5) is 0 Å². The van der Waals surface area contributed by atoms with Crippen molar-refractivity contribution in [2.24, 2.45) is 0 Å². The van der Waals surface area contributed by atoms with Gasteiger partial charge in [-0.1, -0.05) is 30.3 Å². The average molecular weight is 408 g/mol. The normalized spacial score (nSPS) is 11.2. The number of aromatic nitrogens is 1. The largest absolute Gasteiger partial charge is 0.487 e. The quantitative estimate of drug-likeness (QED) is 0.588.